The molecule has 0 fully saturated rings. The number of aromatic nitrogens is 1. The van der Waals surface area contributed by atoms with Gasteiger partial charge in [0.25, 0.3) is 0 Å². The third kappa shape index (κ3) is 7.80. The molecule has 0 aliphatic heterocycles. The molecule has 1 atom stereocenters. The summed E-state index contributed by atoms with van der Waals surface area (Å²) in [6, 6.07) is 14.3. The molecule has 0 saturated heterocycles. The number of ketones is 2. The van der Waals surface area contributed by atoms with Crippen LogP contribution in [0.3, 0.4) is 0 Å². The number of carbonyl (C=O) groups is 3. The third-order valence-corrected chi connectivity index (χ3v) is 6.78. The average molecular weight is 576 g/mol. The van der Waals surface area contributed by atoms with Crippen LogP contribution in [0.25, 0.3) is 0 Å². The van der Waals surface area contributed by atoms with Crippen LogP contribution in [0.4, 0.5) is 5.69 Å². The zero-order valence-corrected chi connectivity index (χ0v) is 25.1. The largest absolute Gasteiger partial charge is 0.504 e. The Kier molecular flexibility index (Phi) is 10.2. The van der Waals surface area contributed by atoms with Crippen LogP contribution < -0.4 is 10.2 Å². The maximum absolute atomic E-state index is 13.4. The van der Waals surface area contributed by atoms with E-state index < -0.39 is 40.0 Å². The van der Waals surface area contributed by atoms with Gasteiger partial charge in [-0.05, 0) is 23.8 Å². The number of amides is 1. The summed E-state index contributed by atoms with van der Waals surface area (Å²) in [7, 11) is 0. The fraction of sp³-hybridized carbons (Fsp3) is 0.394. The number of nitrogens with one attached hydrogen (secondary N) is 1. The van der Waals surface area contributed by atoms with Crippen molar-refractivity contribution in [1.82, 2.24) is 10.3 Å². The van der Waals surface area contributed by atoms with Crippen LogP contribution in [-0.4, -0.2) is 50.9 Å². The van der Waals surface area contributed by atoms with E-state index in [2.05, 4.69) is 10.3 Å². The number of carbonyl (C=O) groups excluding carboxylic acids is 3. The number of rotatable bonds is 11. The molecule has 2 aromatic carbocycles. The zero-order valence-electron chi connectivity index (χ0n) is 25.1. The van der Waals surface area contributed by atoms with E-state index in [1.54, 1.807) is 64.9 Å². The first-order valence-electron chi connectivity index (χ1n) is 13.9. The Hall–Kier alpha value is -4.08. The van der Waals surface area contributed by atoms with Crippen LogP contribution in [0, 0.1) is 10.8 Å². The van der Waals surface area contributed by atoms with E-state index in [0.29, 0.717) is 12.2 Å². The fourth-order valence-corrected chi connectivity index (χ4v) is 4.49. The van der Waals surface area contributed by atoms with E-state index in [1.165, 1.54) is 0 Å². The number of benzene rings is 2. The molecule has 0 aliphatic carbocycles. The molecule has 9 nitrogen and oxygen atoms in total. The zero-order chi connectivity index (χ0) is 31.2. The predicted octanol–water partition coefficient (Wildman–Crippen LogP) is 5.20. The molecule has 4 N–H and O–H groups in total. The Morgan fingerprint density at radius 1 is 0.929 bits per heavy atom. The molecule has 3 rings (SSSR count). The summed E-state index contributed by atoms with van der Waals surface area (Å²) >= 11 is 0. The maximum atomic E-state index is 13.4. The number of Topliss-reactive ketones (excluding diaryl/α,β-unsaturated/α-hetero) is 2. The van der Waals surface area contributed by atoms with E-state index in [4.69, 9.17) is 0 Å². The van der Waals surface area contributed by atoms with Gasteiger partial charge in [-0.2, -0.15) is 0 Å². The molecule has 3 aromatic rings. The number of hydrogen-bond donors (Lipinski definition) is 4. The van der Waals surface area contributed by atoms with Gasteiger partial charge in [0.1, 0.15) is 0 Å². The van der Waals surface area contributed by atoms with E-state index in [0.717, 1.165) is 11.6 Å². The van der Waals surface area contributed by atoms with Crippen LogP contribution >= 0.6 is 0 Å². The molecule has 0 bridgehead atoms. The monoisotopic (exact) mass is 575 g/mol. The van der Waals surface area contributed by atoms with Crippen LogP contribution in [-0.2, 0) is 11.3 Å². The summed E-state index contributed by atoms with van der Waals surface area (Å²) in [6.07, 6.45) is 1.96. The molecule has 224 valence electrons. The fourth-order valence-electron chi connectivity index (χ4n) is 4.49. The molecule has 0 spiro atoms. The minimum absolute atomic E-state index is 0.0404. The number of nitrogens with zero attached hydrogens (tertiary/aromatic N) is 2. The quantitative estimate of drug-likeness (QED) is 0.139. The summed E-state index contributed by atoms with van der Waals surface area (Å²) in [5.74, 6) is -2.39. The van der Waals surface area contributed by atoms with Crippen molar-refractivity contribution in [3.8, 4) is 11.5 Å². The van der Waals surface area contributed by atoms with Gasteiger partial charge in [0.05, 0.1) is 30.1 Å². The summed E-state index contributed by atoms with van der Waals surface area (Å²) in [4.78, 5) is 45.8. The summed E-state index contributed by atoms with van der Waals surface area (Å²) in [6.45, 7) is 10.4. The lowest BCUT2D eigenvalue weighted by Gasteiger charge is -2.27. The van der Waals surface area contributed by atoms with Gasteiger partial charge in [-0.1, -0.05) is 71.9 Å². The minimum Gasteiger partial charge on any atom is -0.504 e. The molecule has 9 heteroatoms. The molecule has 1 unspecified atom stereocenters. The minimum atomic E-state index is -1.40. The van der Waals surface area contributed by atoms with Crippen molar-refractivity contribution in [3.63, 3.8) is 0 Å². The second-order valence-corrected chi connectivity index (χ2v) is 12.4. The summed E-state index contributed by atoms with van der Waals surface area (Å²) in [5.41, 5.74) is -0.638. The normalized spacial score (nSPS) is 12.5. The van der Waals surface area contributed by atoms with Gasteiger partial charge in [-0.25, -0.2) is 0 Å². The molecule has 0 aliphatic rings. The Morgan fingerprint density at radius 2 is 1.57 bits per heavy atom. The van der Waals surface area contributed by atoms with Gasteiger partial charge >= 0.3 is 0 Å². The maximum Gasteiger partial charge on any atom is 0.228 e. The number of phenolic OH excluding ortho intramolecular Hbond substituents is 2. The summed E-state index contributed by atoms with van der Waals surface area (Å²) < 4.78 is 0. The van der Waals surface area contributed by atoms with Gasteiger partial charge < -0.3 is 25.5 Å². The topological polar surface area (TPSA) is 140 Å². The van der Waals surface area contributed by atoms with Crippen molar-refractivity contribution in [3.05, 3.63) is 83.2 Å². The van der Waals surface area contributed by atoms with E-state index in [1.807, 2.05) is 36.4 Å². The highest BCUT2D eigenvalue weighted by Gasteiger charge is 2.36. The second-order valence-electron chi connectivity index (χ2n) is 12.4. The lowest BCUT2D eigenvalue weighted by Crippen LogP contribution is -2.34. The second kappa shape index (κ2) is 13.3. The van der Waals surface area contributed by atoms with E-state index in [9.17, 15) is 29.7 Å². The highest BCUT2D eigenvalue weighted by atomic mass is 16.3. The third-order valence-electron chi connectivity index (χ3n) is 6.78. The van der Waals surface area contributed by atoms with E-state index >= 15 is 0 Å². The molecule has 1 amide bonds. The van der Waals surface area contributed by atoms with Gasteiger partial charge in [-0.3, -0.25) is 19.4 Å². The number of hydrogen-bond acceptors (Lipinski definition) is 8. The van der Waals surface area contributed by atoms with Crippen LogP contribution in [0.1, 0.15) is 85.9 Å². The first-order valence-corrected chi connectivity index (χ1v) is 13.9. The lowest BCUT2D eigenvalue weighted by atomic mass is 9.78. The van der Waals surface area contributed by atoms with Crippen molar-refractivity contribution in [2.45, 2.75) is 60.6 Å². The number of aliphatic hydroxyl groups is 1. The first kappa shape index (κ1) is 32.4. The molecular formula is C33H41N3O6. The number of phenols is 2. The molecule has 42 heavy (non-hydrogen) atoms. The Bertz CT molecular complexity index is 1410. The van der Waals surface area contributed by atoms with Gasteiger partial charge in [0.15, 0.2) is 23.1 Å². The van der Waals surface area contributed by atoms with Gasteiger partial charge in [-0.15, -0.1) is 0 Å². The van der Waals surface area contributed by atoms with Gasteiger partial charge in [0, 0.05) is 47.7 Å². The standard InChI is InChI=1S/C33H41N3O6/c1-32(2,3)30(41)23-17-24(37)29(40)28(31(42)33(4,5)6)27(23)25(38)19-35-16-14-26(39)36(22-13-10-15-34-18-22)20-21-11-8-7-9-12-21/h7-13,15,17-18,25,35,37-38,40H,14,16,19-20H2,1-6H3. The van der Waals surface area contributed by atoms with Crippen LogP contribution in [0.5, 0.6) is 11.5 Å². The molecule has 0 radical (unpaired) electrons. The first-order chi connectivity index (χ1) is 19.6. The van der Waals surface area contributed by atoms with Gasteiger partial charge in [0.2, 0.25) is 5.91 Å². The Labute approximate surface area is 247 Å². The Balaban J connectivity index is 1.83. The number of pyridine rings is 1. The average Bonchev–Trinajstić information content (AvgIpc) is 2.94. The van der Waals surface area contributed by atoms with Crippen molar-refractivity contribution >= 4 is 23.2 Å². The lowest BCUT2D eigenvalue weighted by molar-refractivity contribution is -0.118. The van der Waals surface area contributed by atoms with E-state index in [-0.39, 0.29) is 42.1 Å². The Morgan fingerprint density at radius 3 is 2.14 bits per heavy atom. The highest BCUT2D eigenvalue weighted by Crippen LogP contribution is 2.42. The molecule has 0 saturated carbocycles. The van der Waals surface area contributed by atoms with Crippen molar-refractivity contribution in [2.75, 3.05) is 18.0 Å². The SMILES string of the molecule is CC(C)(C)C(=O)c1cc(O)c(O)c(C(=O)C(C)(C)C)c1C(O)CNCCC(=O)N(Cc1ccccc1)c1cccnc1. The predicted molar refractivity (Wildman–Crippen MR) is 162 cm³/mol. The van der Waals surface area contributed by atoms with Crippen LogP contribution in [0.15, 0.2) is 60.9 Å². The summed E-state index contributed by atoms with van der Waals surface area (Å²) in [5, 5.41) is 35.5. The van der Waals surface area contributed by atoms with Crippen molar-refractivity contribution in [1.29, 1.82) is 0 Å². The van der Waals surface area contributed by atoms with Crippen molar-refractivity contribution in [2.24, 2.45) is 10.8 Å². The number of aliphatic hydroxyl groups excluding tert-OH is 1. The molecule has 1 aromatic heterocycles. The number of aromatic hydroxyl groups is 2. The van der Waals surface area contributed by atoms with Crippen molar-refractivity contribution < 1.29 is 29.7 Å². The molecule has 1 heterocycles. The molecular weight excluding hydrogens is 534 g/mol. The number of anilines is 1. The highest BCUT2D eigenvalue weighted by molar-refractivity contribution is 6.09. The van der Waals surface area contributed by atoms with Crippen LogP contribution in [0.2, 0.25) is 0 Å². The smallest absolute Gasteiger partial charge is 0.228 e.